The Morgan fingerprint density at radius 1 is 1.41 bits per heavy atom. The van der Waals surface area contributed by atoms with Crippen LogP contribution in [0, 0.1) is 5.41 Å². The first-order chi connectivity index (χ1) is 7.72. The van der Waals surface area contributed by atoms with Gasteiger partial charge in [0.25, 0.3) is 0 Å². The highest BCUT2D eigenvalue weighted by atomic mass is 32.2. The molecule has 0 aromatic rings. The van der Waals surface area contributed by atoms with Crippen LogP contribution in [0.3, 0.4) is 0 Å². The Balaban J connectivity index is 2.74. The molecule has 17 heavy (non-hydrogen) atoms. The SMILES string of the molecule is CNC(=O)C(C)S(=O)(=O)CC1(CC(=O)O)CC1. The Labute approximate surface area is 100 Å². The first-order valence-electron chi connectivity index (χ1n) is 5.37. The molecule has 0 spiro atoms. The van der Waals surface area contributed by atoms with Gasteiger partial charge in [-0.1, -0.05) is 0 Å². The minimum atomic E-state index is -3.59. The van der Waals surface area contributed by atoms with Crippen LogP contribution < -0.4 is 5.32 Å². The van der Waals surface area contributed by atoms with Gasteiger partial charge in [0, 0.05) is 7.05 Å². The van der Waals surface area contributed by atoms with Crippen molar-refractivity contribution in [3.05, 3.63) is 0 Å². The van der Waals surface area contributed by atoms with Crippen LogP contribution in [0.15, 0.2) is 0 Å². The Bertz CT molecular complexity index is 424. The average molecular weight is 263 g/mol. The van der Waals surface area contributed by atoms with Crippen molar-refractivity contribution in [3.63, 3.8) is 0 Å². The molecule has 2 N–H and O–H groups in total. The summed E-state index contributed by atoms with van der Waals surface area (Å²) >= 11 is 0. The third-order valence-electron chi connectivity index (χ3n) is 3.15. The maximum absolute atomic E-state index is 11.9. The van der Waals surface area contributed by atoms with Crippen LogP contribution in [-0.2, 0) is 19.4 Å². The van der Waals surface area contributed by atoms with Crippen LogP contribution in [0.5, 0.6) is 0 Å². The van der Waals surface area contributed by atoms with Crippen LogP contribution in [-0.4, -0.2) is 43.5 Å². The van der Waals surface area contributed by atoms with E-state index in [1.165, 1.54) is 14.0 Å². The zero-order chi connectivity index (χ0) is 13.3. The van der Waals surface area contributed by atoms with Gasteiger partial charge in [0.2, 0.25) is 5.91 Å². The smallest absolute Gasteiger partial charge is 0.303 e. The van der Waals surface area contributed by atoms with Gasteiger partial charge in [0.15, 0.2) is 9.84 Å². The van der Waals surface area contributed by atoms with Crippen LogP contribution in [0.2, 0.25) is 0 Å². The fourth-order valence-electron chi connectivity index (χ4n) is 1.79. The van der Waals surface area contributed by atoms with Crippen LogP contribution >= 0.6 is 0 Å². The molecule has 0 aromatic heterocycles. The topological polar surface area (TPSA) is 101 Å². The summed E-state index contributed by atoms with van der Waals surface area (Å²) in [6, 6.07) is 0. The van der Waals surface area contributed by atoms with Crippen molar-refractivity contribution in [2.45, 2.75) is 31.4 Å². The van der Waals surface area contributed by atoms with Gasteiger partial charge in [-0.05, 0) is 25.2 Å². The van der Waals surface area contributed by atoms with E-state index in [9.17, 15) is 18.0 Å². The molecule has 1 amide bonds. The van der Waals surface area contributed by atoms with Gasteiger partial charge in [-0.15, -0.1) is 0 Å². The zero-order valence-electron chi connectivity index (χ0n) is 9.89. The molecule has 1 aliphatic rings. The molecule has 1 saturated carbocycles. The number of carbonyl (C=O) groups excluding carboxylic acids is 1. The predicted octanol–water partition coefficient (Wildman–Crippen LogP) is -0.209. The summed E-state index contributed by atoms with van der Waals surface area (Å²) in [4.78, 5) is 21.9. The van der Waals surface area contributed by atoms with Crippen LogP contribution in [0.4, 0.5) is 0 Å². The number of carboxylic acids is 1. The molecule has 0 saturated heterocycles. The predicted molar refractivity (Wildman–Crippen MR) is 61.2 cm³/mol. The van der Waals surface area contributed by atoms with Gasteiger partial charge in [0.05, 0.1) is 12.2 Å². The molecule has 7 heteroatoms. The number of aliphatic carboxylic acids is 1. The standard InChI is InChI=1S/C10H17NO5S/c1-7(9(14)11-2)17(15,16)6-10(3-4-10)5-8(12)13/h7H,3-6H2,1-2H3,(H,11,14)(H,12,13). The number of nitrogens with one attached hydrogen (secondary N) is 1. The molecule has 98 valence electrons. The number of carbonyl (C=O) groups is 2. The summed E-state index contributed by atoms with van der Waals surface area (Å²) < 4.78 is 23.8. The normalized spacial score (nSPS) is 19.4. The number of hydrogen-bond donors (Lipinski definition) is 2. The van der Waals surface area contributed by atoms with Gasteiger partial charge in [0.1, 0.15) is 5.25 Å². The van der Waals surface area contributed by atoms with Gasteiger partial charge in [-0.3, -0.25) is 9.59 Å². The van der Waals surface area contributed by atoms with Crippen molar-refractivity contribution in [2.75, 3.05) is 12.8 Å². The first-order valence-corrected chi connectivity index (χ1v) is 7.09. The van der Waals surface area contributed by atoms with E-state index in [0.717, 1.165) is 0 Å². The van der Waals surface area contributed by atoms with Crippen molar-refractivity contribution >= 4 is 21.7 Å². The highest BCUT2D eigenvalue weighted by Crippen LogP contribution is 2.50. The van der Waals surface area contributed by atoms with Crippen LogP contribution in [0.1, 0.15) is 26.2 Å². The highest BCUT2D eigenvalue weighted by molar-refractivity contribution is 7.92. The fourth-order valence-corrected chi connectivity index (χ4v) is 3.73. The van der Waals surface area contributed by atoms with Crippen molar-refractivity contribution in [1.29, 1.82) is 0 Å². The van der Waals surface area contributed by atoms with E-state index in [1.54, 1.807) is 0 Å². The summed E-state index contributed by atoms with van der Waals surface area (Å²) in [5, 5.41) is 9.86. The maximum atomic E-state index is 11.9. The van der Waals surface area contributed by atoms with Gasteiger partial charge >= 0.3 is 5.97 Å². The first kappa shape index (κ1) is 14.0. The Morgan fingerprint density at radius 2 is 1.94 bits per heavy atom. The monoisotopic (exact) mass is 263 g/mol. The second-order valence-electron chi connectivity index (χ2n) is 4.63. The molecule has 1 atom stereocenters. The summed E-state index contributed by atoms with van der Waals surface area (Å²) in [6.07, 6.45) is 1.05. The van der Waals surface area contributed by atoms with E-state index in [1.807, 2.05) is 0 Å². The maximum Gasteiger partial charge on any atom is 0.303 e. The van der Waals surface area contributed by atoms with E-state index >= 15 is 0 Å². The van der Waals surface area contributed by atoms with E-state index in [4.69, 9.17) is 5.11 Å². The molecule has 0 aromatic carbocycles. The summed E-state index contributed by atoms with van der Waals surface area (Å²) in [6.45, 7) is 1.32. The van der Waals surface area contributed by atoms with Crippen molar-refractivity contribution in [1.82, 2.24) is 5.32 Å². The minimum absolute atomic E-state index is 0.146. The number of sulfone groups is 1. The summed E-state index contributed by atoms with van der Waals surface area (Å²) in [5.41, 5.74) is -0.646. The Kier molecular flexibility index (Phi) is 3.81. The van der Waals surface area contributed by atoms with Gasteiger partial charge in [-0.2, -0.15) is 0 Å². The lowest BCUT2D eigenvalue weighted by molar-refractivity contribution is -0.138. The molecule has 1 rings (SSSR count). The third kappa shape index (κ3) is 3.42. The zero-order valence-corrected chi connectivity index (χ0v) is 10.7. The van der Waals surface area contributed by atoms with Crippen molar-refractivity contribution in [2.24, 2.45) is 5.41 Å². The molecule has 0 radical (unpaired) electrons. The van der Waals surface area contributed by atoms with E-state index < -0.39 is 32.4 Å². The second-order valence-corrected chi connectivity index (χ2v) is 6.96. The molecule has 1 fully saturated rings. The molecule has 0 heterocycles. The summed E-state index contributed by atoms with van der Waals surface area (Å²) in [7, 11) is -2.21. The molecule has 1 aliphatic carbocycles. The van der Waals surface area contributed by atoms with Crippen molar-refractivity contribution < 1.29 is 23.1 Å². The van der Waals surface area contributed by atoms with Gasteiger partial charge in [-0.25, -0.2) is 8.42 Å². The number of amides is 1. The number of hydrogen-bond acceptors (Lipinski definition) is 4. The highest BCUT2D eigenvalue weighted by Gasteiger charge is 2.49. The Hall–Kier alpha value is -1.11. The van der Waals surface area contributed by atoms with Crippen molar-refractivity contribution in [3.8, 4) is 0 Å². The second kappa shape index (κ2) is 4.64. The molecule has 6 nitrogen and oxygen atoms in total. The van der Waals surface area contributed by atoms with Crippen LogP contribution in [0.25, 0.3) is 0 Å². The molecule has 0 aliphatic heterocycles. The molecular weight excluding hydrogens is 246 g/mol. The van der Waals surface area contributed by atoms with E-state index in [0.29, 0.717) is 12.8 Å². The number of rotatable bonds is 6. The lowest BCUT2D eigenvalue weighted by atomic mass is 10.1. The quantitative estimate of drug-likeness (QED) is 0.690. The lowest BCUT2D eigenvalue weighted by Crippen LogP contribution is -2.39. The fraction of sp³-hybridized carbons (Fsp3) is 0.800. The van der Waals surface area contributed by atoms with Gasteiger partial charge < -0.3 is 10.4 Å². The lowest BCUT2D eigenvalue weighted by Gasteiger charge is -2.16. The van der Waals surface area contributed by atoms with E-state index in [-0.39, 0.29) is 12.2 Å². The molecule has 1 unspecified atom stereocenters. The summed E-state index contributed by atoms with van der Waals surface area (Å²) in [5.74, 6) is -1.78. The van der Waals surface area contributed by atoms with E-state index in [2.05, 4.69) is 5.32 Å². The number of carboxylic acid groups (broad SMARTS) is 1. The Morgan fingerprint density at radius 3 is 2.29 bits per heavy atom. The molecular formula is C10H17NO5S. The molecule has 0 bridgehead atoms. The third-order valence-corrected chi connectivity index (χ3v) is 5.45. The average Bonchev–Trinajstić information content (AvgIpc) is 2.93. The largest absolute Gasteiger partial charge is 0.481 e. The minimum Gasteiger partial charge on any atom is -0.481 e.